The molecule has 2 heterocycles. The Kier molecular flexibility index (Phi) is 3.80. The fraction of sp³-hybridized carbons (Fsp3) is 0.667. The average Bonchev–Trinajstić information content (AvgIpc) is 2.31. The normalized spacial score (nSPS) is 23.0. The van der Waals surface area contributed by atoms with Gasteiger partial charge < -0.3 is 10.6 Å². The van der Waals surface area contributed by atoms with Crippen LogP contribution < -0.4 is 10.6 Å². The summed E-state index contributed by atoms with van der Waals surface area (Å²) in [5.74, 6) is 0. The molecule has 15 heavy (non-hydrogen) atoms. The summed E-state index contributed by atoms with van der Waals surface area (Å²) in [4.78, 5) is 2.52. The number of hydrogen-bond acceptors (Lipinski definition) is 3. The standard InChI is InChI=1S/C12H21N3/c1-2-11-4-3-5-14-12(11)10-15-8-6-13-7-9-15/h3-4,13-14H,2,5-10H2,1H3. The van der Waals surface area contributed by atoms with Gasteiger partial charge in [0.2, 0.25) is 0 Å². The largest absolute Gasteiger partial charge is 0.384 e. The first kappa shape index (κ1) is 10.7. The van der Waals surface area contributed by atoms with Gasteiger partial charge in [-0.3, -0.25) is 4.90 Å². The van der Waals surface area contributed by atoms with Crippen LogP contribution in [-0.2, 0) is 0 Å². The molecule has 3 heteroatoms. The summed E-state index contributed by atoms with van der Waals surface area (Å²) in [6, 6.07) is 0. The Bertz CT molecular complexity index is 262. The maximum Gasteiger partial charge on any atom is 0.0385 e. The van der Waals surface area contributed by atoms with Crippen molar-refractivity contribution in [1.82, 2.24) is 15.5 Å². The molecule has 0 aromatic carbocycles. The van der Waals surface area contributed by atoms with E-state index in [9.17, 15) is 0 Å². The molecule has 2 aliphatic rings. The summed E-state index contributed by atoms with van der Waals surface area (Å²) < 4.78 is 0. The molecule has 0 bridgehead atoms. The first-order valence-electron chi connectivity index (χ1n) is 5.95. The van der Waals surface area contributed by atoms with E-state index in [1.807, 2.05) is 0 Å². The van der Waals surface area contributed by atoms with E-state index < -0.39 is 0 Å². The summed E-state index contributed by atoms with van der Waals surface area (Å²) in [6.45, 7) is 8.91. The highest BCUT2D eigenvalue weighted by Gasteiger charge is 2.13. The average molecular weight is 207 g/mol. The maximum absolute atomic E-state index is 3.50. The smallest absolute Gasteiger partial charge is 0.0385 e. The highest BCUT2D eigenvalue weighted by molar-refractivity contribution is 5.29. The Morgan fingerprint density at radius 3 is 2.87 bits per heavy atom. The van der Waals surface area contributed by atoms with Crippen LogP contribution in [0.3, 0.4) is 0 Å². The zero-order chi connectivity index (χ0) is 10.5. The van der Waals surface area contributed by atoms with Crippen molar-refractivity contribution in [2.75, 3.05) is 39.3 Å². The molecule has 2 aliphatic heterocycles. The lowest BCUT2D eigenvalue weighted by molar-refractivity contribution is 0.255. The number of piperazine rings is 1. The van der Waals surface area contributed by atoms with Crippen molar-refractivity contribution in [3.8, 4) is 0 Å². The van der Waals surface area contributed by atoms with E-state index in [-0.39, 0.29) is 0 Å². The summed E-state index contributed by atoms with van der Waals surface area (Å²) >= 11 is 0. The van der Waals surface area contributed by atoms with E-state index in [4.69, 9.17) is 0 Å². The van der Waals surface area contributed by atoms with Crippen LogP contribution in [0.2, 0.25) is 0 Å². The van der Waals surface area contributed by atoms with Gasteiger partial charge in [-0.05, 0) is 12.0 Å². The van der Waals surface area contributed by atoms with Gasteiger partial charge in [-0.2, -0.15) is 0 Å². The molecule has 0 unspecified atom stereocenters. The molecule has 1 saturated heterocycles. The van der Waals surface area contributed by atoms with E-state index in [0.29, 0.717) is 0 Å². The van der Waals surface area contributed by atoms with Crippen molar-refractivity contribution < 1.29 is 0 Å². The van der Waals surface area contributed by atoms with Gasteiger partial charge in [0.05, 0.1) is 0 Å². The molecule has 0 atom stereocenters. The van der Waals surface area contributed by atoms with E-state index in [1.54, 1.807) is 0 Å². The van der Waals surface area contributed by atoms with Crippen molar-refractivity contribution in [2.24, 2.45) is 0 Å². The fourth-order valence-corrected chi connectivity index (χ4v) is 2.18. The number of hydrogen-bond donors (Lipinski definition) is 2. The summed E-state index contributed by atoms with van der Waals surface area (Å²) in [6.07, 6.45) is 5.61. The Hall–Kier alpha value is -0.800. The highest BCUT2D eigenvalue weighted by atomic mass is 15.2. The molecule has 0 amide bonds. The molecule has 2 N–H and O–H groups in total. The third-order valence-corrected chi connectivity index (χ3v) is 3.11. The molecule has 1 fully saturated rings. The van der Waals surface area contributed by atoms with Gasteiger partial charge in [0.15, 0.2) is 0 Å². The van der Waals surface area contributed by atoms with Crippen molar-refractivity contribution >= 4 is 0 Å². The number of rotatable bonds is 3. The Morgan fingerprint density at radius 1 is 1.33 bits per heavy atom. The molecule has 0 aliphatic carbocycles. The molecular weight excluding hydrogens is 186 g/mol. The molecular formula is C12H21N3. The first-order valence-corrected chi connectivity index (χ1v) is 5.95. The van der Waals surface area contributed by atoms with Crippen LogP contribution in [0, 0.1) is 0 Å². The number of allylic oxidation sites excluding steroid dienone is 2. The van der Waals surface area contributed by atoms with Crippen LogP contribution in [0.1, 0.15) is 13.3 Å². The highest BCUT2D eigenvalue weighted by Crippen LogP contribution is 2.13. The predicted molar refractivity (Wildman–Crippen MR) is 63.8 cm³/mol. The van der Waals surface area contributed by atoms with Crippen LogP contribution in [0.15, 0.2) is 23.4 Å². The minimum atomic E-state index is 0.991. The van der Waals surface area contributed by atoms with E-state index >= 15 is 0 Å². The lowest BCUT2D eigenvalue weighted by Crippen LogP contribution is -2.45. The van der Waals surface area contributed by atoms with Crippen molar-refractivity contribution in [3.63, 3.8) is 0 Å². The molecule has 0 aromatic heterocycles. The van der Waals surface area contributed by atoms with Gasteiger partial charge >= 0.3 is 0 Å². The summed E-state index contributed by atoms with van der Waals surface area (Å²) in [5.41, 5.74) is 2.90. The SMILES string of the molecule is CCC1=C(CN2CCNCC2)NCC=C1. The molecule has 0 saturated carbocycles. The van der Waals surface area contributed by atoms with Gasteiger partial charge in [0.25, 0.3) is 0 Å². The topological polar surface area (TPSA) is 27.3 Å². The third-order valence-electron chi connectivity index (χ3n) is 3.11. The van der Waals surface area contributed by atoms with Crippen LogP contribution in [0.4, 0.5) is 0 Å². The van der Waals surface area contributed by atoms with Gasteiger partial charge in [0, 0.05) is 45.0 Å². The van der Waals surface area contributed by atoms with Gasteiger partial charge in [-0.15, -0.1) is 0 Å². The number of nitrogens with zero attached hydrogens (tertiary/aromatic N) is 1. The molecule has 0 aromatic rings. The zero-order valence-corrected chi connectivity index (χ0v) is 9.55. The van der Waals surface area contributed by atoms with Crippen molar-refractivity contribution in [1.29, 1.82) is 0 Å². The lowest BCUT2D eigenvalue weighted by atomic mass is 10.1. The van der Waals surface area contributed by atoms with E-state index in [2.05, 4.69) is 34.6 Å². The van der Waals surface area contributed by atoms with Crippen molar-refractivity contribution in [3.05, 3.63) is 23.4 Å². The Labute approximate surface area is 92.2 Å². The maximum atomic E-state index is 3.50. The van der Waals surface area contributed by atoms with Crippen LogP contribution in [0.25, 0.3) is 0 Å². The fourth-order valence-electron chi connectivity index (χ4n) is 2.18. The quantitative estimate of drug-likeness (QED) is 0.714. The second-order valence-electron chi connectivity index (χ2n) is 4.17. The van der Waals surface area contributed by atoms with Gasteiger partial charge in [-0.1, -0.05) is 19.1 Å². The predicted octanol–water partition coefficient (Wildman–Crippen LogP) is 0.715. The monoisotopic (exact) mass is 207 g/mol. The van der Waals surface area contributed by atoms with Gasteiger partial charge in [0.1, 0.15) is 0 Å². The van der Waals surface area contributed by atoms with Crippen LogP contribution in [0.5, 0.6) is 0 Å². The van der Waals surface area contributed by atoms with E-state index in [1.165, 1.54) is 24.4 Å². The molecule has 0 spiro atoms. The van der Waals surface area contributed by atoms with Crippen LogP contribution >= 0.6 is 0 Å². The number of nitrogens with one attached hydrogen (secondary N) is 2. The zero-order valence-electron chi connectivity index (χ0n) is 9.55. The van der Waals surface area contributed by atoms with E-state index in [0.717, 1.165) is 32.6 Å². The third kappa shape index (κ3) is 2.83. The minimum absolute atomic E-state index is 0.991. The van der Waals surface area contributed by atoms with Gasteiger partial charge in [-0.25, -0.2) is 0 Å². The second kappa shape index (κ2) is 5.33. The molecule has 3 nitrogen and oxygen atoms in total. The molecule has 2 rings (SSSR count). The summed E-state index contributed by atoms with van der Waals surface area (Å²) in [7, 11) is 0. The molecule has 84 valence electrons. The van der Waals surface area contributed by atoms with Crippen LogP contribution in [-0.4, -0.2) is 44.2 Å². The summed E-state index contributed by atoms with van der Waals surface area (Å²) in [5, 5.41) is 6.88. The Morgan fingerprint density at radius 2 is 2.13 bits per heavy atom. The minimum Gasteiger partial charge on any atom is -0.384 e. The van der Waals surface area contributed by atoms with Crippen molar-refractivity contribution in [2.45, 2.75) is 13.3 Å². The lowest BCUT2D eigenvalue weighted by Gasteiger charge is -2.30. The number of dihydropyridines is 1. The first-order chi connectivity index (χ1) is 7.40. The molecule has 0 radical (unpaired) electrons. The second-order valence-corrected chi connectivity index (χ2v) is 4.17. The Balaban J connectivity index is 1.96.